The van der Waals surface area contributed by atoms with Gasteiger partial charge in [-0.05, 0) is 49.3 Å². The zero-order valence-corrected chi connectivity index (χ0v) is 17.2. The van der Waals surface area contributed by atoms with Crippen LogP contribution >= 0.6 is 0 Å². The highest BCUT2D eigenvalue weighted by atomic mass is 16.4. The van der Waals surface area contributed by atoms with Gasteiger partial charge in [-0.15, -0.1) is 0 Å². The summed E-state index contributed by atoms with van der Waals surface area (Å²) in [6.07, 6.45) is 5.56. The quantitative estimate of drug-likeness (QED) is 0.756. The Hall–Kier alpha value is -2.89. The lowest BCUT2D eigenvalue weighted by molar-refractivity contribution is -0.115. The van der Waals surface area contributed by atoms with Gasteiger partial charge in [-0.25, -0.2) is 4.79 Å². The second-order valence-electron chi connectivity index (χ2n) is 8.28. The number of carbonyl (C=O) groups excluding carboxylic acids is 2. The monoisotopic (exact) mass is 409 g/mol. The van der Waals surface area contributed by atoms with Crippen molar-refractivity contribution < 1.29 is 19.1 Å². The number of aromatic hydroxyl groups is 1. The van der Waals surface area contributed by atoms with Gasteiger partial charge < -0.3 is 14.8 Å². The third kappa shape index (κ3) is 4.04. The Kier molecular flexibility index (Phi) is 5.75. The molecule has 2 aromatic rings. The molecule has 1 atom stereocenters. The van der Waals surface area contributed by atoms with Crippen LogP contribution in [-0.2, 0) is 11.2 Å². The summed E-state index contributed by atoms with van der Waals surface area (Å²) in [6.45, 7) is 1.78. The molecule has 6 nitrogen and oxygen atoms in total. The molecule has 0 bridgehead atoms. The molecule has 1 saturated carbocycles. The van der Waals surface area contributed by atoms with Crippen LogP contribution in [0.2, 0.25) is 0 Å². The molecule has 0 aliphatic heterocycles. The van der Waals surface area contributed by atoms with E-state index in [4.69, 9.17) is 4.42 Å². The van der Waals surface area contributed by atoms with Crippen molar-refractivity contribution in [1.29, 1.82) is 0 Å². The van der Waals surface area contributed by atoms with Crippen molar-refractivity contribution in [3.05, 3.63) is 57.1 Å². The molecular weight excluding hydrogens is 382 g/mol. The number of benzene rings is 1. The first kappa shape index (κ1) is 20.4. The molecule has 0 unspecified atom stereocenters. The van der Waals surface area contributed by atoms with Crippen LogP contribution in [0.15, 0.2) is 33.5 Å². The number of nitrogens with one attached hydrogen (secondary N) is 1. The van der Waals surface area contributed by atoms with Gasteiger partial charge in [0.05, 0.1) is 11.1 Å². The number of hydrogen-bond acceptors (Lipinski definition) is 5. The van der Waals surface area contributed by atoms with Crippen LogP contribution in [0.5, 0.6) is 5.75 Å². The number of amides is 1. The minimum absolute atomic E-state index is 0.0934. The second-order valence-corrected chi connectivity index (χ2v) is 8.28. The Labute approximate surface area is 175 Å². The van der Waals surface area contributed by atoms with E-state index >= 15 is 0 Å². The maximum Gasteiger partial charge on any atom is 0.343 e. The van der Waals surface area contributed by atoms with Crippen LogP contribution in [0.1, 0.15) is 85.0 Å². The molecule has 2 N–H and O–H groups in total. The average molecular weight is 409 g/mol. The summed E-state index contributed by atoms with van der Waals surface area (Å²) in [7, 11) is 0. The van der Waals surface area contributed by atoms with E-state index in [1.807, 2.05) is 18.2 Å². The highest BCUT2D eigenvalue weighted by Gasteiger charge is 2.39. The minimum Gasteiger partial charge on any atom is -0.506 e. The van der Waals surface area contributed by atoms with Gasteiger partial charge in [0.2, 0.25) is 5.91 Å². The van der Waals surface area contributed by atoms with E-state index in [1.54, 1.807) is 13.0 Å². The zero-order valence-electron chi connectivity index (χ0n) is 17.2. The van der Waals surface area contributed by atoms with Crippen LogP contribution in [-0.4, -0.2) is 16.8 Å². The molecule has 1 amide bonds. The summed E-state index contributed by atoms with van der Waals surface area (Å²) in [5, 5.41) is 14.0. The normalized spacial score (nSPS) is 17.6. The predicted molar refractivity (Wildman–Crippen MR) is 113 cm³/mol. The van der Waals surface area contributed by atoms with Crippen LogP contribution in [0.4, 0.5) is 5.69 Å². The molecule has 6 heteroatoms. The Morgan fingerprint density at radius 2 is 1.97 bits per heavy atom. The van der Waals surface area contributed by atoms with Crippen molar-refractivity contribution in [3.63, 3.8) is 0 Å². The second kappa shape index (κ2) is 8.46. The molecule has 1 aromatic heterocycles. The molecule has 4 rings (SSSR count). The van der Waals surface area contributed by atoms with Crippen molar-refractivity contribution in [2.45, 2.75) is 64.2 Å². The lowest BCUT2D eigenvalue weighted by Crippen LogP contribution is -2.21. The molecule has 0 saturated heterocycles. The van der Waals surface area contributed by atoms with Gasteiger partial charge in [0.25, 0.3) is 0 Å². The third-order valence-electron chi connectivity index (χ3n) is 6.05. The van der Waals surface area contributed by atoms with Gasteiger partial charge in [-0.2, -0.15) is 0 Å². The van der Waals surface area contributed by atoms with Crippen molar-refractivity contribution in [1.82, 2.24) is 0 Å². The Balaban J connectivity index is 1.81. The Morgan fingerprint density at radius 3 is 2.70 bits per heavy atom. The molecule has 158 valence electrons. The highest BCUT2D eigenvalue weighted by Crippen LogP contribution is 2.49. The first-order valence-corrected chi connectivity index (χ1v) is 10.8. The van der Waals surface area contributed by atoms with Crippen molar-refractivity contribution in [2.75, 3.05) is 5.32 Å². The summed E-state index contributed by atoms with van der Waals surface area (Å²) >= 11 is 0. The van der Waals surface area contributed by atoms with Gasteiger partial charge >= 0.3 is 5.63 Å². The molecule has 0 radical (unpaired) electrons. The highest BCUT2D eigenvalue weighted by molar-refractivity contribution is 6.00. The molecule has 0 spiro atoms. The summed E-state index contributed by atoms with van der Waals surface area (Å²) < 4.78 is 5.60. The zero-order chi connectivity index (χ0) is 21.3. The molecule has 2 aliphatic rings. The fraction of sp³-hybridized carbons (Fsp3) is 0.458. The number of Topliss-reactive ketones (excluding diaryl/α,β-unsaturated/α-hetero) is 1. The molecule has 1 fully saturated rings. The fourth-order valence-corrected chi connectivity index (χ4v) is 4.36. The van der Waals surface area contributed by atoms with Crippen LogP contribution < -0.4 is 10.9 Å². The number of ketones is 1. The topological polar surface area (TPSA) is 96.6 Å². The first-order valence-electron chi connectivity index (χ1n) is 10.8. The third-order valence-corrected chi connectivity index (χ3v) is 6.05. The van der Waals surface area contributed by atoms with Gasteiger partial charge in [-0.1, -0.05) is 25.5 Å². The fourth-order valence-electron chi connectivity index (χ4n) is 4.36. The van der Waals surface area contributed by atoms with Gasteiger partial charge in [0.15, 0.2) is 5.78 Å². The largest absolute Gasteiger partial charge is 0.506 e. The average Bonchev–Trinajstić information content (AvgIpc) is 3.54. The van der Waals surface area contributed by atoms with E-state index in [0.29, 0.717) is 30.7 Å². The van der Waals surface area contributed by atoms with E-state index in [-0.39, 0.29) is 40.4 Å². The number of fused-ring (bicyclic) bond motifs is 1. The number of hydrogen-bond donors (Lipinski definition) is 2. The van der Waals surface area contributed by atoms with Gasteiger partial charge in [0, 0.05) is 30.9 Å². The Morgan fingerprint density at radius 1 is 1.20 bits per heavy atom. The summed E-state index contributed by atoms with van der Waals surface area (Å²) in [6, 6.07) is 7.36. The molecule has 30 heavy (non-hydrogen) atoms. The van der Waals surface area contributed by atoms with E-state index in [9.17, 15) is 19.5 Å². The maximum atomic E-state index is 13.0. The molecule has 1 aromatic carbocycles. The molecule has 1 heterocycles. The van der Waals surface area contributed by atoms with Crippen molar-refractivity contribution in [3.8, 4) is 5.75 Å². The van der Waals surface area contributed by atoms with E-state index < -0.39 is 5.63 Å². The summed E-state index contributed by atoms with van der Waals surface area (Å²) in [4.78, 5) is 37.5. The SMILES string of the molecule is CCC(=O)Nc1cccc([C@H](c2c(O)c3c(oc2=O)CCCCCC3=O)C2CC2)c1. The molecular formula is C24H27NO5. The van der Waals surface area contributed by atoms with Crippen LogP contribution in [0.3, 0.4) is 0 Å². The maximum absolute atomic E-state index is 13.0. The Bertz CT molecular complexity index is 1030. The van der Waals surface area contributed by atoms with Gasteiger partial charge in [-0.3, -0.25) is 9.59 Å². The number of aryl methyl sites for hydroxylation is 1. The van der Waals surface area contributed by atoms with E-state index in [0.717, 1.165) is 37.7 Å². The van der Waals surface area contributed by atoms with Crippen molar-refractivity contribution in [2.24, 2.45) is 5.92 Å². The van der Waals surface area contributed by atoms with Gasteiger partial charge in [0.1, 0.15) is 11.5 Å². The number of carbonyl (C=O) groups is 2. The van der Waals surface area contributed by atoms with E-state index in [2.05, 4.69) is 5.32 Å². The summed E-state index contributed by atoms with van der Waals surface area (Å²) in [5.41, 5.74) is 1.26. The number of rotatable bonds is 5. The summed E-state index contributed by atoms with van der Waals surface area (Å²) in [5.74, 6) is -0.340. The van der Waals surface area contributed by atoms with Crippen LogP contribution in [0.25, 0.3) is 0 Å². The predicted octanol–water partition coefficient (Wildman–Crippen LogP) is 4.54. The van der Waals surface area contributed by atoms with Crippen molar-refractivity contribution >= 4 is 17.4 Å². The smallest absolute Gasteiger partial charge is 0.343 e. The van der Waals surface area contributed by atoms with Crippen LogP contribution in [0, 0.1) is 5.92 Å². The van der Waals surface area contributed by atoms with E-state index in [1.165, 1.54) is 0 Å². The lowest BCUT2D eigenvalue weighted by atomic mass is 9.85. The minimum atomic E-state index is -0.570. The number of anilines is 1. The first-order chi connectivity index (χ1) is 14.5. The molecule has 2 aliphatic carbocycles. The standard InChI is InChI=1S/C24H27NO5/c1-2-19(27)25-16-8-6-7-15(13-16)20(14-11-12-14)22-23(28)21-17(26)9-4-3-5-10-18(21)30-24(22)29/h6-8,13-14,20,28H,2-5,9-12H2,1H3,(H,25,27)/t20-/m1/s1. The lowest BCUT2D eigenvalue weighted by Gasteiger charge is -2.21.